The number of carboxylic acid groups (broad SMARTS) is 1. The number of ether oxygens (including phenoxy) is 1. The fraction of sp³-hybridized carbons (Fsp3) is 0.556. The van der Waals surface area contributed by atoms with Gasteiger partial charge in [-0.25, -0.2) is 4.79 Å². The van der Waals surface area contributed by atoms with E-state index < -0.39 is 17.7 Å². The molecule has 1 rings (SSSR count). The van der Waals surface area contributed by atoms with Crippen LogP contribution in [-0.4, -0.2) is 41.9 Å². The highest BCUT2D eigenvalue weighted by molar-refractivity contribution is 5.69. The maximum atomic E-state index is 11.6. The normalized spacial score (nSPS) is 12.5. The highest BCUT2D eigenvalue weighted by Crippen LogP contribution is 2.08. The molecular formula is C18H28N2O4. The molecule has 0 bridgehead atoms. The van der Waals surface area contributed by atoms with Crippen LogP contribution in [0, 0.1) is 0 Å². The molecule has 1 atom stereocenters. The molecule has 0 saturated heterocycles. The number of nitrogens with one attached hydrogen (secondary N) is 2. The predicted octanol–water partition coefficient (Wildman–Crippen LogP) is 2.58. The molecule has 0 radical (unpaired) electrons. The number of benzene rings is 1. The van der Waals surface area contributed by atoms with Crippen LogP contribution >= 0.6 is 0 Å². The number of hydrogen-bond donors (Lipinski definition) is 3. The van der Waals surface area contributed by atoms with Crippen LogP contribution in [-0.2, 0) is 16.0 Å². The summed E-state index contributed by atoms with van der Waals surface area (Å²) in [4.78, 5) is 22.4. The van der Waals surface area contributed by atoms with Crippen LogP contribution in [0.4, 0.5) is 4.79 Å². The first-order chi connectivity index (χ1) is 11.3. The molecule has 0 spiro atoms. The van der Waals surface area contributed by atoms with Gasteiger partial charge in [-0.15, -0.1) is 0 Å². The van der Waals surface area contributed by atoms with Crippen LogP contribution in [0.3, 0.4) is 0 Å². The van der Waals surface area contributed by atoms with Gasteiger partial charge < -0.3 is 20.5 Å². The first-order valence-electron chi connectivity index (χ1n) is 8.22. The van der Waals surface area contributed by atoms with Crippen LogP contribution in [0.5, 0.6) is 0 Å². The van der Waals surface area contributed by atoms with Crippen molar-refractivity contribution in [2.75, 3.05) is 13.1 Å². The van der Waals surface area contributed by atoms with E-state index in [1.165, 1.54) is 0 Å². The van der Waals surface area contributed by atoms with Crippen molar-refractivity contribution < 1.29 is 19.4 Å². The van der Waals surface area contributed by atoms with Crippen molar-refractivity contribution in [3.63, 3.8) is 0 Å². The molecule has 134 valence electrons. The number of amides is 1. The highest BCUT2D eigenvalue weighted by atomic mass is 16.6. The topological polar surface area (TPSA) is 87.7 Å². The second kappa shape index (κ2) is 9.93. The third-order valence-electron chi connectivity index (χ3n) is 3.26. The van der Waals surface area contributed by atoms with E-state index in [-0.39, 0.29) is 12.6 Å². The minimum absolute atomic E-state index is 0.0453. The fourth-order valence-electron chi connectivity index (χ4n) is 2.26. The first kappa shape index (κ1) is 20.0. The van der Waals surface area contributed by atoms with Crippen LogP contribution in [0.2, 0.25) is 0 Å². The van der Waals surface area contributed by atoms with E-state index in [4.69, 9.17) is 9.84 Å². The fourth-order valence-corrected chi connectivity index (χ4v) is 2.26. The Morgan fingerprint density at radius 2 is 1.88 bits per heavy atom. The molecule has 0 aliphatic rings. The van der Waals surface area contributed by atoms with Crippen molar-refractivity contribution in [3.05, 3.63) is 35.9 Å². The molecule has 3 N–H and O–H groups in total. The van der Waals surface area contributed by atoms with Crippen LogP contribution in [0.1, 0.15) is 39.2 Å². The standard InChI is InChI=1S/C18H28N2O4/c1-18(2,3)24-17(23)19-11-7-10-15(20-13-16(21)22)12-14-8-5-4-6-9-14/h4-6,8-9,15,20H,7,10-13H2,1-3H3,(H,19,23)(H,21,22)/t15-/m0/s1. The van der Waals surface area contributed by atoms with Gasteiger partial charge >= 0.3 is 12.1 Å². The SMILES string of the molecule is CC(C)(C)OC(=O)NCCC[C@@H](Cc1ccccc1)NCC(=O)O. The summed E-state index contributed by atoms with van der Waals surface area (Å²) in [7, 11) is 0. The Bertz CT molecular complexity index is 512. The zero-order valence-corrected chi connectivity index (χ0v) is 14.7. The zero-order chi connectivity index (χ0) is 18.0. The molecule has 0 fully saturated rings. The predicted molar refractivity (Wildman–Crippen MR) is 93.0 cm³/mol. The maximum absolute atomic E-state index is 11.6. The Labute approximate surface area is 143 Å². The van der Waals surface area contributed by atoms with Crippen molar-refractivity contribution in [3.8, 4) is 0 Å². The van der Waals surface area contributed by atoms with Gasteiger partial charge in [-0.2, -0.15) is 0 Å². The zero-order valence-electron chi connectivity index (χ0n) is 14.7. The summed E-state index contributed by atoms with van der Waals surface area (Å²) in [6.45, 7) is 5.88. The van der Waals surface area contributed by atoms with Gasteiger partial charge in [-0.05, 0) is 45.6 Å². The third kappa shape index (κ3) is 9.84. The summed E-state index contributed by atoms with van der Waals surface area (Å²) in [6.07, 6.45) is 1.82. The van der Waals surface area contributed by atoms with E-state index >= 15 is 0 Å². The molecule has 24 heavy (non-hydrogen) atoms. The lowest BCUT2D eigenvalue weighted by atomic mass is 10.0. The largest absolute Gasteiger partial charge is 0.480 e. The van der Waals surface area contributed by atoms with E-state index in [0.29, 0.717) is 6.54 Å². The molecule has 1 aromatic rings. The number of rotatable bonds is 9. The van der Waals surface area contributed by atoms with E-state index in [2.05, 4.69) is 10.6 Å². The monoisotopic (exact) mass is 336 g/mol. The van der Waals surface area contributed by atoms with Crippen molar-refractivity contribution >= 4 is 12.1 Å². The molecule has 0 aromatic heterocycles. The summed E-state index contributed by atoms with van der Waals surface area (Å²) >= 11 is 0. The van der Waals surface area contributed by atoms with Crippen molar-refractivity contribution in [2.45, 2.75) is 51.7 Å². The van der Waals surface area contributed by atoms with Crippen molar-refractivity contribution in [1.82, 2.24) is 10.6 Å². The van der Waals surface area contributed by atoms with Gasteiger partial charge in [-0.1, -0.05) is 30.3 Å². The molecule has 0 aliphatic carbocycles. The van der Waals surface area contributed by atoms with Gasteiger partial charge in [0, 0.05) is 12.6 Å². The number of hydrogen-bond acceptors (Lipinski definition) is 4. The summed E-state index contributed by atoms with van der Waals surface area (Å²) in [5.74, 6) is -0.875. The van der Waals surface area contributed by atoms with Gasteiger partial charge in [0.15, 0.2) is 0 Å². The molecule has 0 unspecified atom stereocenters. The molecular weight excluding hydrogens is 308 g/mol. The van der Waals surface area contributed by atoms with E-state index in [1.807, 2.05) is 51.1 Å². The van der Waals surface area contributed by atoms with Gasteiger partial charge in [0.25, 0.3) is 0 Å². The van der Waals surface area contributed by atoms with Crippen molar-refractivity contribution in [2.24, 2.45) is 0 Å². The van der Waals surface area contributed by atoms with Gasteiger partial charge in [-0.3, -0.25) is 4.79 Å². The highest BCUT2D eigenvalue weighted by Gasteiger charge is 2.16. The molecule has 0 saturated carbocycles. The number of carbonyl (C=O) groups excluding carboxylic acids is 1. The van der Waals surface area contributed by atoms with Gasteiger partial charge in [0.1, 0.15) is 5.60 Å². The van der Waals surface area contributed by atoms with Gasteiger partial charge in [0.2, 0.25) is 0 Å². The number of carboxylic acids is 1. The second-order valence-electron chi connectivity index (χ2n) is 6.73. The third-order valence-corrected chi connectivity index (χ3v) is 3.26. The number of aliphatic carboxylic acids is 1. The van der Waals surface area contributed by atoms with Gasteiger partial charge in [0.05, 0.1) is 6.54 Å². The molecule has 0 heterocycles. The average molecular weight is 336 g/mol. The maximum Gasteiger partial charge on any atom is 0.407 e. The Kier molecular flexibility index (Phi) is 8.26. The Morgan fingerprint density at radius 3 is 2.46 bits per heavy atom. The lowest BCUT2D eigenvalue weighted by Crippen LogP contribution is -2.37. The molecule has 0 aliphatic heterocycles. The minimum Gasteiger partial charge on any atom is -0.480 e. The summed E-state index contributed by atoms with van der Waals surface area (Å²) in [5.41, 5.74) is 0.642. The van der Waals surface area contributed by atoms with Crippen LogP contribution in [0.15, 0.2) is 30.3 Å². The molecule has 1 amide bonds. The summed E-state index contributed by atoms with van der Waals surface area (Å²) < 4.78 is 5.18. The molecule has 6 heteroatoms. The van der Waals surface area contributed by atoms with Crippen LogP contribution in [0.25, 0.3) is 0 Å². The smallest absolute Gasteiger partial charge is 0.407 e. The van der Waals surface area contributed by atoms with E-state index in [9.17, 15) is 9.59 Å². The summed E-state index contributed by atoms with van der Waals surface area (Å²) in [5, 5.41) is 14.6. The Hall–Kier alpha value is -2.08. The van der Waals surface area contributed by atoms with E-state index in [1.54, 1.807) is 0 Å². The first-order valence-corrected chi connectivity index (χ1v) is 8.22. The Morgan fingerprint density at radius 1 is 1.21 bits per heavy atom. The number of alkyl carbamates (subject to hydrolysis) is 1. The Balaban J connectivity index is 2.38. The minimum atomic E-state index is -0.875. The second-order valence-corrected chi connectivity index (χ2v) is 6.73. The van der Waals surface area contributed by atoms with Crippen molar-refractivity contribution in [1.29, 1.82) is 0 Å². The quantitative estimate of drug-likeness (QED) is 0.603. The molecule has 6 nitrogen and oxygen atoms in total. The van der Waals surface area contributed by atoms with Crippen LogP contribution < -0.4 is 10.6 Å². The molecule has 1 aromatic carbocycles. The summed E-state index contributed by atoms with van der Waals surface area (Å²) in [6, 6.07) is 9.97. The average Bonchev–Trinajstić information content (AvgIpc) is 2.48. The number of carbonyl (C=O) groups is 2. The van der Waals surface area contributed by atoms with E-state index in [0.717, 1.165) is 24.8 Å². The lowest BCUT2D eigenvalue weighted by molar-refractivity contribution is -0.136. The lowest BCUT2D eigenvalue weighted by Gasteiger charge is -2.20.